The summed E-state index contributed by atoms with van der Waals surface area (Å²) in [6.07, 6.45) is -0.378. The standard InChI is InChI=1S/C17H20F4N2/c1-3-4-11(2)16(22)8-14(9-17(20)21)23-10-12-5-6-13(18)7-15(12)19/h5-8,17H,2-4,9-10,22H2,1H3. The Bertz CT molecular complexity index is 607. The first-order chi connectivity index (χ1) is 10.8. The van der Waals surface area contributed by atoms with E-state index in [9.17, 15) is 17.6 Å². The maximum atomic E-state index is 13.5. The smallest absolute Gasteiger partial charge is 0.244 e. The summed E-state index contributed by atoms with van der Waals surface area (Å²) in [6.45, 7) is 5.56. The van der Waals surface area contributed by atoms with Gasteiger partial charge < -0.3 is 5.73 Å². The molecule has 1 aromatic rings. The van der Waals surface area contributed by atoms with Gasteiger partial charge in [-0.3, -0.25) is 4.99 Å². The average molecular weight is 328 g/mol. The summed E-state index contributed by atoms with van der Waals surface area (Å²) in [7, 11) is 0. The minimum Gasteiger partial charge on any atom is -0.398 e. The highest BCUT2D eigenvalue weighted by Gasteiger charge is 2.10. The maximum Gasteiger partial charge on any atom is 0.244 e. The summed E-state index contributed by atoms with van der Waals surface area (Å²) < 4.78 is 51.7. The third-order valence-electron chi connectivity index (χ3n) is 3.11. The van der Waals surface area contributed by atoms with Gasteiger partial charge in [-0.1, -0.05) is 26.0 Å². The molecule has 0 saturated heterocycles. The second-order valence-electron chi connectivity index (χ2n) is 5.09. The van der Waals surface area contributed by atoms with Crippen molar-refractivity contribution >= 4 is 5.71 Å². The van der Waals surface area contributed by atoms with Crippen molar-refractivity contribution < 1.29 is 17.6 Å². The predicted octanol–water partition coefficient (Wildman–Crippen LogP) is 4.76. The molecule has 0 spiro atoms. The van der Waals surface area contributed by atoms with Crippen LogP contribution in [-0.4, -0.2) is 12.1 Å². The molecule has 0 saturated carbocycles. The molecule has 0 aromatic heterocycles. The van der Waals surface area contributed by atoms with Crippen LogP contribution in [0.5, 0.6) is 0 Å². The second kappa shape index (κ2) is 9.12. The van der Waals surface area contributed by atoms with Crippen molar-refractivity contribution in [2.45, 2.75) is 39.2 Å². The summed E-state index contributed by atoms with van der Waals surface area (Å²) in [5.74, 6) is -1.47. The molecule has 23 heavy (non-hydrogen) atoms. The van der Waals surface area contributed by atoms with Gasteiger partial charge in [0.05, 0.1) is 13.0 Å². The fourth-order valence-electron chi connectivity index (χ4n) is 1.89. The fraction of sp³-hybridized carbons (Fsp3) is 0.353. The van der Waals surface area contributed by atoms with E-state index in [0.29, 0.717) is 12.0 Å². The molecule has 0 radical (unpaired) electrons. The van der Waals surface area contributed by atoms with Gasteiger partial charge in [0, 0.05) is 23.0 Å². The van der Waals surface area contributed by atoms with Gasteiger partial charge in [-0.05, 0) is 24.1 Å². The molecule has 6 heteroatoms. The monoisotopic (exact) mass is 328 g/mol. The van der Waals surface area contributed by atoms with Crippen molar-refractivity contribution in [2.75, 3.05) is 0 Å². The summed E-state index contributed by atoms with van der Waals surface area (Å²) in [4.78, 5) is 3.98. The second-order valence-corrected chi connectivity index (χ2v) is 5.09. The number of nitrogens with two attached hydrogens (primary N) is 1. The van der Waals surface area contributed by atoms with Crippen LogP contribution in [0.15, 0.2) is 47.1 Å². The Morgan fingerprint density at radius 2 is 2.04 bits per heavy atom. The van der Waals surface area contributed by atoms with Crippen LogP contribution in [0.25, 0.3) is 0 Å². The summed E-state index contributed by atoms with van der Waals surface area (Å²) >= 11 is 0. The zero-order valence-corrected chi connectivity index (χ0v) is 13.0. The minimum atomic E-state index is -2.60. The van der Waals surface area contributed by atoms with E-state index in [4.69, 9.17) is 5.73 Å². The maximum absolute atomic E-state index is 13.5. The number of rotatable bonds is 8. The quantitative estimate of drug-likeness (QED) is 0.417. The Balaban J connectivity index is 2.96. The van der Waals surface area contributed by atoms with E-state index in [1.165, 1.54) is 12.1 Å². The number of hydrogen-bond donors (Lipinski definition) is 1. The fourth-order valence-corrected chi connectivity index (χ4v) is 1.89. The highest BCUT2D eigenvalue weighted by atomic mass is 19.3. The first kappa shape index (κ1) is 18.9. The molecule has 0 aliphatic rings. The molecule has 1 aromatic carbocycles. The van der Waals surface area contributed by atoms with E-state index in [1.807, 2.05) is 6.92 Å². The van der Waals surface area contributed by atoms with Gasteiger partial charge in [0.2, 0.25) is 6.43 Å². The minimum absolute atomic E-state index is 0.0541. The first-order valence-corrected chi connectivity index (χ1v) is 7.24. The van der Waals surface area contributed by atoms with Crippen molar-refractivity contribution in [3.05, 3.63) is 59.3 Å². The Hall–Kier alpha value is -2.11. The topological polar surface area (TPSA) is 38.4 Å². The SMILES string of the molecule is C=C(CCC)C(N)=CC(CC(F)F)=NCc1ccc(F)cc1F. The van der Waals surface area contributed by atoms with Crippen molar-refractivity contribution in [3.8, 4) is 0 Å². The van der Waals surface area contributed by atoms with Crippen LogP contribution >= 0.6 is 0 Å². The zero-order chi connectivity index (χ0) is 17.4. The van der Waals surface area contributed by atoms with Crippen molar-refractivity contribution in [1.29, 1.82) is 0 Å². The third-order valence-corrected chi connectivity index (χ3v) is 3.11. The van der Waals surface area contributed by atoms with Crippen molar-refractivity contribution in [2.24, 2.45) is 10.7 Å². The zero-order valence-electron chi connectivity index (χ0n) is 13.0. The molecule has 0 fully saturated rings. The molecular weight excluding hydrogens is 308 g/mol. The van der Waals surface area contributed by atoms with E-state index in [2.05, 4.69) is 11.6 Å². The number of alkyl halides is 2. The highest BCUT2D eigenvalue weighted by molar-refractivity contribution is 5.96. The molecule has 126 valence electrons. The van der Waals surface area contributed by atoms with E-state index < -0.39 is 24.5 Å². The summed E-state index contributed by atoms with van der Waals surface area (Å²) in [5, 5.41) is 0. The van der Waals surface area contributed by atoms with Crippen LogP contribution in [0.3, 0.4) is 0 Å². The van der Waals surface area contributed by atoms with Crippen LogP contribution in [0.4, 0.5) is 17.6 Å². The molecule has 2 nitrogen and oxygen atoms in total. The van der Waals surface area contributed by atoms with E-state index >= 15 is 0 Å². The van der Waals surface area contributed by atoms with Crippen LogP contribution in [-0.2, 0) is 6.54 Å². The average Bonchev–Trinajstić information content (AvgIpc) is 2.45. The lowest BCUT2D eigenvalue weighted by Gasteiger charge is -2.07. The van der Waals surface area contributed by atoms with E-state index in [0.717, 1.165) is 18.6 Å². The lowest BCUT2D eigenvalue weighted by molar-refractivity contribution is 0.157. The van der Waals surface area contributed by atoms with Crippen LogP contribution in [0.2, 0.25) is 0 Å². The Kier molecular flexibility index (Phi) is 7.51. The van der Waals surface area contributed by atoms with Crippen molar-refractivity contribution in [1.82, 2.24) is 0 Å². The van der Waals surface area contributed by atoms with Gasteiger partial charge in [-0.15, -0.1) is 0 Å². The van der Waals surface area contributed by atoms with Crippen LogP contribution in [0, 0.1) is 11.6 Å². The number of nitrogens with zero attached hydrogens (tertiary/aromatic N) is 1. The lowest BCUT2D eigenvalue weighted by Crippen LogP contribution is -2.09. The molecule has 0 bridgehead atoms. The first-order valence-electron chi connectivity index (χ1n) is 7.24. The molecule has 0 aliphatic heterocycles. The van der Waals surface area contributed by atoms with Gasteiger partial charge in [-0.2, -0.15) is 0 Å². The van der Waals surface area contributed by atoms with Crippen LogP contribution in [0.1, 0.15) is 31.7 Å². The van der Waals surface area contributed by atoms with E-state index in [-0.39, 0.29) is 23.5 Å². The van der Waals surface area contributed by atoms with Gasteiger partial charge in [0.15, 0.2) is 0 Å². The summed E-state index contributed by atoms with van der Waals surface area (Å²) in [6, 6.07) is 3.05. The molecule has 0 unspecified atom stereocenters. The Morgan fingerprint density at radius 3 is 2.61 bits per heavy atom. The Labute approximate surface area is 133 Å². The van der Waals surface area contributed by atoms with Crippen LogP contribution < -0.4 is 5.73 Å². The molecule has 0 amide bonds. The molecule has 0 aliphatic carbocycles. The number of allylic oxidation sites excluding steroid dienone is 2. The summed E-state index contributed by atoms with van der Waals surface area (Å²) in [5.41, 5.74) is 6.91. The molecule has 1 rings (SSSR count). The molecule has 0 atom stereocenters. The third kappa shape index (κ3) is 6.67. The number of halogens is 4. The van der Waals surface area contributed by atoms with E-state index in [1.54, 1.807) is 0 Å². The highest BCUT2D eigenvalue weighted by Crippen LogP contribution is 2.14. The number of benzene rings is 1. The molecule has 0 heterocycles. The van der Waals surface area contributed by atoms with Gasteiger partial charge in [0.25, 0.3) is 0 Å². The molecule has 2 N–H and O–H groups in total. The van der Waals surface area contributed by atoms with Gasteiger partial charge in [0.1, 0.15) is 11.6 Å². The van der Waals surface area contributed by atoms with Gasteiger partial charge in [-0.25, -0.2) is 17.6 Å². The number of hydrogen-bond acceptors (Lipinski definition) is 2. The van der Waals surface area contributed by atoms with Crippen molar-refractivity contribution in [3.63, 3.8) is 0 Å². The molecular formula is C17H20F4N2. The van der Waals surface area contributed by atoms with Gasteiger partial charge >= 0.3 is 0 Å². The Morgan fingerprint density at radius 1 is 1.35 bits per heavy atom. The normalized spacial score (nSPS) is 12.8. The largest absolute Gasteiger partial charge is 0.398 e. The predicted molar refractivity (Wildman–Crippen MR) is 84.4 cm³/mol. The number of aliphatic imine (C=N–C) groups is 1. The lowest BCUT2D eigenvalue weighted by atomic mass is 10.1.